The molecule has 8 nitrogen and oxygen atoms in total. The van der Waals surface area contributed by atoms with Crippen molar-refractivity contribution in [3.63, 3.8) is 0 Å². The summed E-state index contributed by atoms with van der Waals surface area (Å²) in [6.07, 6.45) is -0.439. The maximum absolute atomic E-state index is 12.3. The molecule has 1 aliphatic rings. The number of carbonyl (C=O) groups is 1. The van der Waals surface area contributed by atoms with Gasteiger partial charge in [-0.3, -0.25) is 0 Å². The summed E-state index contributed by atoms with van der Waals surface area (Å²) in [4.78, 5) is 15.2. The first-order valence-electron chi connectivity index (χ1n) is 10.9. The third-order valence-electron chi connectivity index (χ3n) is 6.57. The van der Waals surface area contributed by atoms with Crippen molar-refractivity contribution in [3.05, 3.63) is 22.1 Å². The van der Waals surface area contributed by atoms with E-state index in [-0.39, 0.29) is 23.2 Å². The first-order valence-corrected chi connectivity index (χ1v) is 16.7. The van der Waals surface area contributed by atoms with Gasteiger partial charge in [0.1, 0.15) is 6.10 Å². The van der Waals surface area contributed by atoms with Crippen molar-refractivity contribution in [1.29, 1.82) is 0 Å². The Morgan fingerprint density at radius 2 is 1.61 bits per heavy atom. The van der Waals surface area contributed by atoms with Gasteiger partial charge in [0, 0.05) is 11.0 Å². The zero-order chi connectivity index (χ0) is 24.3. The first kappa shape index (κ1) is 27.9. The molecular formula is C21H41N3O5Si2. The molecule has 0 bridgehead atoms. The minimum Gasteiger partial charge on any atom is -0.463 e. The van der Waals surface area contributed by atoms with Crippen molar-refractivity contribution in [2.45, 2.75) is 103 Å². The summed E-state index contributed by atoms with van der Waals surface area (Å²) in [7, 11) is -4.46. The van der Waals surface area contributed by atoms with Gasteiger partial charge in [-0.15, -0.1) is 0 Å². The molecule has 0 N–H and O–H groups in total. The molecule has 3 atom stereocenters. The van der Waals surface area contributed by atoms with Gasteiger partial charge < -0.3 is 18.3 Å². The van der Waals surface area contributed by atoms with E-state index in [1.807, 2.05) is 0 Å². The Morgan fingerprint density at radius 3 is 2.06 bits per heavy atom. The lowest BCUT2D eigenvalue weighted by Gasteiger charge is -2.42. The average molecular weight is 472 g/mol. The number of ether oxygens (including phenoxy) is 2. The van der Waals surface area contributed by atoms with Gasteiger partial charge in [-0.1, -0.05) is 46.7 Å². The van der Waals surface area contributed by atoms with Crippen LogP contribution in [0, 0.1) is 0 Å². The molecule has 1 rings (SSSR count). The van der Waals surface area contributed by atoms with Gasteiger partial charge in [-0.2, -0.15) is 0 Å². The van der Waals surface area contributed by atoms with Crippen LogP contribution in [0.1, 0.15) is 48.5 Å². The zero-order valence-electron chi connectivity index (χ0n) is 21.1. The smallest absolute Gasteiger partial charge is 0.330 e. The lowest BCUT2D eigenvalue weighted by atomic mass is 10.1. The molecular weight excluding hydrogens is 430 g/mol. The summed E-state index contributed by atoms with van der Waals surface area (Å²) in [5.41, 5.74) is 9.45. The molecule has 0 aromatic heterocycles. The molecule has 0 aromatic carbocycles. The average Bonchev–Trinajstić information content (AvgIpc) is 2.87. The van der Waals surface area contributed by atoms with Crippen LogP contribution in [0.25, 0.3) is 10.4 Å². The van der Waals surface area contributed by atoms with E-state index in [2.05, 4.69) is 77.8 Å². The molecule has 0 spiro atoms. The third-order valence-corrected chi connectivity index (χ3v) is 15.5. The fourth-order valence-corrected chi connectivity index (χ4v) is 4.93. The molecule has 0 aliphatic carbocycles. The predicted octanol–water partition coefficient (Wildman–Crippen LogP) is 5.92. The van der Waals surface area contributed by atoms with Crippen molar-refractivity contribution in [3.8, 4) is 0 Å². The second kappa shape index (κ2) is 10.2. The number of carbonyl (C=O) groups excluding carboxylic acids is 1. The van der Waals surface area contributed by atoms with E-state index >= 15 is 0 Å². The van der Waals surface area contributed by atoms with Gasteiger partial charge in [0.15, 0.2) is 22.9 Å². The molecule has 0 aromatic rings. The SMILES string of the molecule is CCOC(=O)/C=C1\[C@@H](O[Si](C)(C)C(C)(C)C)C(O[Si](C)(C)C(C)(C)C)O[C@@H]1CN=[N+]=[N-]. The fourth-order valence-electron chi connectivity index (χ4n) is 2.58. The largest absolute Gasteiger partial charge is 0.463 e. The molecule has 0 radical (unpaired) electrons. The Balaban J connectivity index is 3.48. The summed E-state index contributed by atoms with van der Waals surface area (Å²) in [6.45, 7) is 23.6. The van der Waals surface area contributed by atoms with Crippen LogP contribution in [-0.2, 0) is 23.1 Å². The molecule has 1 fully saturated rings. The third kappa shape index (κ3) is 7.16. The van der Waals surface area contributed by atoms with Crippen LogP contribution >= 0.6 is 0 Å². The summed E-state index contributed by atoms with van der Waals surface area (Å²) >= 11 is 0. The van der Waals surface area contributed by atoms with Crippen LogP contribution in [0.4, 0.5) is 0 Å². The Labute approximate surface area is 189 Å². The second-order valence-corrected chi connectivity index (χ2v) is 20.5. The topological polar surface area (TPSA) is 103 Å². The molecule has 0 amide bonds. The number of esters is 1. The number of nitrogens with zero attached hydrogens (tertiary/aromatic N) is 3. The van der Waals surface area contributed by atoms with Gasteiger partial charge >= 0.3 is 5.97 Å². The van der Waals surface area contributed by atoms with Crippen LogP contribution in [-0.4, -0.2) is 54.3 Å². The highest BCUT2D eigenvalue weighted by Crippen LogP contribution is 2.44. The van der Waals surface area contributed by atoms with Gasteiger partial charge in [-0.05, 0) is 54.3 Å². The number of azide groups is 1. The van der Waals surface area contributed by atoms with E-state index in [9.17, 15) is 4.79 Å². The van der Waals surface area contributed by atoms with Crippen LogP contribution in [0.5, 0.6) is 0 Å². The highest BCUT2D eigenvalue weighted by molar-refractivity contribution is 6.74. The summed E-state index contributed by atoms with van der Waals surface area (Å²) in [5.74, 6) is -0.469. The van der Waals surface area contributed by atoms with E-state index in [0.29, 0.717) is 5.57 Å². The Morgan fingerprint density at radius 1 is 1.10 bits per heavy atom. The second-order valence-electron chi connectivity index (χ2n) is 11.0. The van der Waals surface area contributed by atoms with Crippen molar-refractivity contribution in [1.82, 2.24) is 0 Å². The van der Waals surface area contributed by atoms with Crippen LogP contribution in [0.15, 0.2) is 16.8 Å². The number of hydrogen-bond acceptors (Lipinski definition) is 6. The Bertz CT molecular complexity index is 720. The summed E-state index contributed by atoms with van der Waals surface area (Å²) < 4.78 is 24.7. The van der Waals surface area contributed by atoms with Crippen LogP contribution < -0.4 is 0 Å². The first-order chi connectivity index (χ1) is 14.0. The van der Waals surface area contributed by atoms with Gasteiger partial charge in [0.2, 0.25) is 0 Å². The Kier molecular flexibility index (Phi) is 9.16. The predicted molar refractivity (Wildman–Crippen MR) is 128 cm³/mol. The molecule has 1 unspecified atom stereocenters. The van der Waals surface area contributed by atoms with Gasteiger partial charge in [0.25, 0.3) is 0 Å². The lowest BCUT2D eigenvalue weighted by molar-refractivity contribution is -0.137. The quantitative estimate of drug-likeness (QED) is 0.109. The summed E-state index contributed by atoms with van der Waals surface area (Å²) in [6, 6.07) is 0. The molecule has 1 aliphatic heterocycles. The molecule has 1 heterocycles. The Hall–Kier alpha value is -1.17. The molecule has 0 saturated carbocycles. The molecule has 178 valence electrons. The fraction of sp³-hybridized carbons (Fsp3) is 0.857. The van der Waals surface area contributed by atoms with E-state index in [1.54, 1.807) is 6.92 Å². The maximum Gasteiger partial charge on any atom is 0.330 e. The monoisotopic (exact) mass is 471 g/mol. The molecule has 10 heteroatoms. The normalized spacial score (nSPS) is 24.2. The van der Waals surface area contributed by atoms with Crippen molar-refractivity contribution in [2.75, 3.05) is 13.2 Å². The minimum absolute atomic E-state index is 0.0359. The van der Waals surface area contributed by atoms with E-state index in [1.165, 1.54) is 6.08 Å². The standard InChI is InChI=1S/C21H41N3O5Si2/c1-12-26-17(25)13-15-16(14-23-24-22)27-19(29-31(10,11)21(5,6)7)18(15)28-30(8,9)20(2,3)4/h13,16,18-19H,12,14H2,1-11H3/b15-13-/t16-,18-,19?/m1/s1. The number of rotatable bonds is 8. The van der Waals surface area contributed by atoms with E-state index in [0.717, 1.165) is 0 Å². The summed E-state index contributed by atoms with van der Waals surface area (Å²) in [5, 5.41) is 3.61. The highest BCUT2D eigenvalue weighted by atomic mass is 28.4. The van der Waals surface area contributed by atoms with Crippen molar-refractivity contribution >= 4 is 22.6 Å². The maximum atomic E-state index is 12.3. The van der Waals surface area contributed by atoms with Gasteiger partial charge in [-0.25, -0.2) is 4.79 Å². The van der Waals surface area contributed by atoms with E-state index < -0.39 is 41.1 Å². The van der Waals surface area contributed by atoms with Crippen molar-refractivity contribution in [2.24, 2.45) is 5.11 Å². The minimum atomic E-state index is -2.25. The van der Waals surface area contributed by atoms with Crippen molar-refractivity contribution < 1.29 is 23.1 Å². The lowest BCUT2D eigenvalue weighted by Crippen LogP contribution is -2.51. The molecule has 1 saturated heterocycles. The van der Waals surface area contributed by atoms with Crippen LogP contribution in [0.3, 0.4) is 0 Å². The van der Waals surface area contributed by atoms with Crippen LogP contribution in [0.2, 0.25) is 36.3 Å². The van der Waals surface area contributed by atoms with Gasteiger partial charge in [0.05, 0.1) is 19.3 Å². The zero-order valence-corrected chi connectivity index (χ0v) is 23.1. The molecule has 31 heavy (non-hydrogen) atoms. The number of hydrogen-bond donors (Lipinski definition) is 0. The van der Waals surface area contributed by atoms with E-state index in [4.69, 9.17) is 23.9 Å². The highest BCUT2D eigenvalue weighted by Gasteiger charge is 2.51.